The van der Waals surface area contributed by atoms with Gasteiger partial charge in [-0.05, 0) is 37.1 Å². The second-order valence-electron chi connectivity index (χ2n) is 4.76. The number of nitrogens with zero attached hydrogens (tertiary/aromatic N) is 3. The smallest absolute Gasteiger partial charge is 0.248 e. The zero-order valence-corrected chi connectivity index (χ0v) is 13.0. The van der Waals surface area contributed by atoms with Crippen molar-refractivity contribution >= 4 is 17.7 Å². The normalized spacial score (nSPS) is 10.8. The summed E-state index contributed by atoms with van der Waals surface area (Å²) in [5, 5.41) is 9.11. The molecule has 1 aromatic carbocycles. The van der Waals surface area contributed by atoms with Gasteiger partial charge in [0.2, 0.25) is 5.91 Å². The SMILES string of the molecule is Cc1cc(C(N)=O)ccc1CSc1nnc(C)n1CCN. The van der Waals surface area contributed by atoms with Gasteiger partial charge < -0.3 is 16.0 Å². The predicted molar refractivity (Wildman–Crippen MR) is 83.1 cm³/mol. The van der Waals surface area contributed by atoms with Crippen LogP contribution in [-0.2, 0) is 12.3 Å². The summed E-state index contributed by atoms with van der Waals surface area (Å²) in [7, 11) is 0. The van der Waals surface area contributed by atoms with Crippen LogP contribution >= 0.6 is 11.8 Å². The van der Waals surface area contributed by atoms with E-state index in [9.17, 15) is 4.79 Å². The number of aryl methyl sites for hydroxylation is 2. The number of benzene rings is 1. The first-order chi connectivity index (χ1) is 10.0. The predicted octanol–water partition coefficient (Wildman–Crippen LogP) is 1.24. The summed E-state index contributed by atoms with van der Waals surface area (Å²) in [6.45, 7) is 5.15. The number of amides is 1. The van der Waals surface area contributed by atoms with E-state index in [1.54, 1.807) is 17.8 Å². The maximum atomic E-state index is 11.1. The van der Waals surface area contributed by atoms with E-state index in [1.165, 1.54) is 0 Å². The van der Waals surface area contributed by atoms with Crippen LogP contribution < -0.4 is 11.5 Å². The van der Waals surface area contributed by atoms with Gasteiger partial charge in [-0.1, -0.05) is 17.8 Å². The molecule has 1 heterocycles. The Balaban J connectivity index is 2.11. The van der Waals surface area contributed by atoms with E-state index in [2.05, 4.69) is 10.2 Å². The van der Waals surface area contributed by atoms with E-state index < -0.39 is 5.91 Å². The van der Waals surface area contributed by atoms with Crippen LogP contribution in [0.3, 0.4) is 0 Å². The summed E-state index contributed by atoms with van der Waals surface area (Å²) in [6, 6.07) is 5.49. The van der Waals surface area contributed by atoms with Crippen molar-refractivity contribution in [2.24, 2.45) is 11.5 Å². The van der Waals surface area contributed by atoms with Gasteiger partial charge in [0.25, 0.3) is 0 Å². The quantitative estimate of drug-likeness (QED) is 0.782. The molecule has 0 aliphatic heterocycles. The highest BCUT2D eigenvalue weighted by atomic mass is 32.2. The minimum Gasteiger partial charge on any atom is -0.366 e. The maximum absolute atomic E-state index is 11.1. The fourth-order valence-electron chi connectivity index (χ4n) is 2.01. The Morgan fingerprint density at radius 2 is 2.10 bits per heavy atom. The molecule has 7 heteroatoms. The van der Waals surface area contributed by atoms with Crippen molar-refractivity contribution in [3.63, 3.8) is 0 Å². The molecule has 112 valence electrons. The largest absolute Gasteiger partial charge is 0.366 e. The Hall–Kier alpha value is -1.86. The summed E-state index contributed by atoms with van der Waals surface area (Å²) >= 11 is 1.61. The van der Waals surface area contributed by atoms with Crippen molar-refractivity contribution in [3.8, 4) is 0 Å². The van der Waals surface area contributed by atoms with Gasteiger partial charge in [0, 0.05) is 24.4 Å². The van der Waals surface area contributed by atoms with Gasteiger partial charge in [-0.2, -0.15) is 0 Å². The van der Waals surface area contributed by atoms with Gasteiger partial charge in [0.15, 0.2) is 5.16 Å². The summed E-state index contributed by atoms with van der Waals surface area (Å²) in [6.07, 6.45) is 0. The molecule has 0 saturated heterocycles. The third kappa shape index (κ3) is 3.62. The fraction of sp³-hybridized carbons (Fsp3) is 0.357. The van der Waals surface area contributed by atoms with Crippen molar-refractivity contribution < 1.29 is 4.79 Å². The topological polar surface area (TPSA) is 99.8 Å². The van der Waals surface area contributed by atoms with Crippen molar-refractivity contribution in [2.45, 2.75) is 31.3 Å². The Bertz CT molecular complexity index is 653. The van der Waals surface area contributed by atoms with Crippen LogP contribution in [0.5, 0.6) is 0 Å². The second-order valence-corrected chi connectivity index (χ2v) is 5.71. The molecule has 0 radical (unpaired) electrons. The number of carbonyl (C=O) groups excluding carboxylic acids is 1. The average molecular weight is 305 g/mol. The molecule has 2 aromatic rings. The number of aromatic nitrogens is 3. The molecule has 0 saturated carbocycles. The van der Waals surface area contributed by atoms with Crippen molar-refractivity contribution in [3.05, 3.63) is 40.7 Å². The molecule has 1 aromatic heterocycles. The summed E-state index contributed by atoms with van der Waals surface area (Å²) in [5.74, 6) is 1.22. The maximum Gasteiger partial charge on any atom is 0.248 e. The van der Waals surface area contributed by atoms with E-state index in [4.69, 9.17) is 11.5 Å². The van der Waals surface area contributed by atoms with Crippen molar-refractivity contribution in [1.29, 1.82) is 0 Å². The number of nitrogens with two attached hydrogens (primary N) is 2. The third-order valence-corrected chi connectivity index (χ3v) is 4.25. The average Bonchev–Trinajstić information content (AvgIpc) is 2.79. The second kappa shape index (κ2) is 6.73. The Labute approximate surface area is 127 Å². The van der Waals surface area contributed by atoms with Gasteiger partial charge in [0.1, 0.15) is 5.82 Å². The molecule has 21 heavy (non-hydrogen) atoms. The van der Waals surface area contributed by atoms with Crippen molar-refractivity contribution in [1.82, 2.24) is 14.8 Å². The van der Waals surface area contributed by atoms with E-state index in [1.807, 2.05) is 30.5 Å². The minimum absolute atomic E-state index is 0.407. The van der Waals surface area contributed by atoms with E-state index in [0.29, 0.717) is 18.7 Å². The highest BCUT2D eigenvalue weighted by Gasteiger charge is 2.10. The number of hydrogen-bond acceptors (Lipinski definition) is 5. The number of primary amides is 1. The zero-order valence-electron chi connectivity index (χ0n) is 12.2. The van der Waals surface area contributed by atoms with Crippen LogP contribution in [0.2, 0.25) is 0 Å². The molecule has 0 bridgehead atoms. The molecule has 0 spiro atoms. The summed E-state index contributed by atoms with van der Waals surface area (Å²) in [4.78, 5) is 11.1. The Morgan fingerprint density at radius 3 is 2.71 bits per heavy atom. The zero-order chi connectivity index (χ0) is 15.4. The number of rotatable bonds is 6. The molecule has 6 nitrogen and oxygen atoms in total. The molecule has 0 aliphatic rings. The molecule has 1 amide bonds. The van der Waals surface area contributed by atoms with Gasteiger partial charge in [-0.25, -0.2) is 0 Å². The van der Waals surface area contributed by atoms with Gasteiger partial charge in [0.05, 0.1) is 0 Å². The van der Waals surface area contributed by atoms with E-state index in [0.717, 1.165) is 27.9 Å². The molecular formula is C14H19N5OS. The van der Waals surface area contributed by atoms with Crippen molar-refractivity contribution in [2.75, 3.05) is 6.54 Å². The molecule has 0 aliphatic carbocycles. The van der Waals surface area contributed by atoms with Crippen LogP contribution in [0, 0.1) is 13.8 Å². The van der Waals surface area contributed by atoms with E-state index >= 15 is 0 Å². The number of hydrogen-bond donors (Lipinski definition) is 2. The fourth-order valence-corrected chi connectivity index (χ4v) is 3.09. The summed E-state index contributed by atoms with van der Waals surface area (Å²) < 4.78 is 2.01. The van der Waals surface area contributed by atoms with E-state index in [-0.39, 0.29) is 0 Å². The lowest BCUT2D eigenvalue weighted by Crippen LogP contribution is -2.12. The van der Waals surface area contributed by atoms with Crippen LogP contribution in [0.1, 0.15) is 27.3 Å². The van der Waals surface area contributed by atoms with Gasteiger partial charge in [-0.3, -0.25) is 4.79 Å². The third-order valence-electron chi connectivity index (χ3n) is 3.24. The van der Waals surface area contributed by atoms with Gasteiger partial charge >= 0.3 is 0 Å². The van der Waals surface area contributed by atoms with Crippen LogP contribution in [0.4, 0.5) is 0 Å². The highest BCUT2D eigenvalue weighted by Crippen LogP contribution is 2.24. The van der Waals surface area contributed by atoms with Crippen LogP contribution in [-0.4, -0.2) is 27.2 Å². The standard InChI is InChI=1S/C14H19N5OS/c1-9-7-11(13(16)20)3-4-12(9)8-21-14-18-17-10(2)19(14)6-5-15/h3-4,7H,5-6,8,15H2,1-2H3,(H2,16,20). The Kier molecular flexibility index (Phi) is 4.98. The number of carbonyl (C=O) groups is 1. The number of thioether (sulfide) groups is 1. The molecule has 0 unspecified atom stereocenters. The minimum atomic E-state index is -0.407. The molecule has 0 fully saturated rings. The highest BCUT2D eigenvalue weighted by molar-refractivity contribution is 7.98. The monoisotopic (exact) mass is 305 g/mol. The molecular weight excluding hydrogens is 286 g/mol. The summed E-state index contributed by atoms with van der Waals surface area (Å²) in [5.41, 5.74) is 13.6. The first-order valence-corrected chi connectivity index (χ1v) is 7.63. The lowest BCUT2D eigenvalue weighted by atomic mass is 10.1. The van der Waals surface area contributed by atoms with Gasteiger partial charge in [-0.15, -0.1) is 10.2 Å². The molecule has 0 atom stereocenters. The lowest BCUT2D eigenvalue weighted by molar-refractivity contribution is 0.1000. The Morgan fingerprint density at radius 1 is 1.33 bits per heavy atom. The molecule has 4 N–H and O–H groups in total. The lowest BCUT2D eigenvalue weighted by Gasteiger charge is -2.08. The first kappa shape index (κ1) is 15.5. The molecule has 2 rings (SSSR count). The van der Waals surface area contributed by atoms with Crippen LogP contribution in [0.25, 0.3) is 0 Å². The first-order valence-electron chi connectivity index (χ1n) is 6.65. The van der Waals surface area contributed by atoms with Crippen LogP contribution in [0.15, 0.2) is 23.4 Å².